The molecule has 1 fully saturated rings. The zero-order valence-electron chi connectivity index (χ0n) is 28.3. The van der Waals surface area contributed by atoms with Crippen LogP contribution in [0.5, 0.6) is 0 Å². The fourth-order valence-electron chi connectivity index (χ4n) is 6.59. The fourth-order valence-corrected chi connectivity index (χ4v) is 6.59. The van der Waals surface area contributed by atoms with Crippen LogP contribution in [0.4, 0.5) is 13.2 Å². The van der Waals surface area contributed by atoms with Gasteiger partial charge in [0.05, 0.1) is 17.7 Å². The molecule has 5 atom stereocenters. The molecule has 0 spiro atoms. The van der Waals surface area contributed by atoms with E-state index in [9.17, 15) is 32.7 Å². The van der Waals surface area contributed by atoms with Crippen molar-refractivity contribution >= 4 is 17.7 Å². The Morgan fingerprint density at radius 3 is 2.20 bits per heavy atom. The molecule has 4 rings (SSSR count). The van der Waals surface area contributed by atoms with Crippen LogP contribution in [-0.4, -0.2) is 64.5 Å². The summed E-state index contributed by atoms with van der Waals surface area (Å²) >= 11 is 0. The van der Waals surface area contributed by atoms with Crippen molar-refractivity contribution in [2.24, 2.45) is 5.92 Å². The number of nitrogens with one attached hydrogen (secondary N) is 3. The molecule has 1 aliphatic heterocycles. The fraction of sp³-hybridized carbons (Fsp3) is 0.447. The Bertz CT molecular complexity index is 1540. The van der Waals surface area contributed by atoms with Gasteiger partial charge in [-0.05, 0) is 54.4 Å². The molecule has 1 heterocycles. The van der Waals surface area contributed by atoms with E-state index in [0.717, 1.165) is 23.3 Å². The van der Waals surface area contributed by atoms with Crippen molar-refractivity contribution in [3.05, 3.63) is 107 Å². The maximum absolute atomic E-state index is 14.3. The molecule has 0 saturated carbocycles. The third-order valence-corrected chi connectivity index (χ3v) is 9.50. The Hall–Kier alpha value is -4.22. The number of hydrogen-bond donors (Lipinski definition) is 4. The third kappa shape index (κ3) is 9.92. The van der Waals surface area contributed by atoms with Gasteiger partial charge >= 0.3 is 6.18 Å². The number of alkyl halides is 3. The van der Waals surface area contributed by atoms with E-state index in [1.54, 1.807) is 11.0 Å². The molecule has 4 N–H and O–H groups in total. The summed E-state index contributed by atoms with van der Waals surface area (Å²) in [7, 11) is 0. The number of amides is 3. The molecule has 3 aromatic carbocycles. The van der Waals surface area contributed by atoms with Crippen molar-refractivity contribution < 1.29 is 32.7 Å². The number of benzene rings is 3. The van der Waals surface area contributed by atoms with Crippen LogP contribution in [0.25, 0.3) is 0 Å². The highest BCUT2D eigenvalue weighted by molar-refractivity contribution is 5.96. The molecule has 1 unspecified atom stereocenters. The van der Waals surface area contributed by atoms with Crippen LogP contribution in [0.3, 0.4) is 0 Å². The summed E-state index contributed by atoms with van der Waals surface area (Å²) in [6, 6.07) is 22.3. The van der Waals surface area contributed by atoms with Gasteiger partial charge in [0.2, 0.25) is 17.7 Å². The molecule has 0 bridgehead atoms. The molecule has 49 heavy (non-hydrogen) atoms. The van der Waals surface area contributed by atoms with Crippen molar-refractivity contribution in [3.63, 3.8) is 0 Å². The summed E-state index contributed by atoms with van der Waals surface area (Å²) < 4.78 is 39.7. The van der Waals surface area contributed by atoms with E-state index in [1.165, 1.54) is 13.0 Å². The normalized spacial score (nSPS) is 18.8. The standard InChI is InChI=1S/C38H47F3N4O4/c1-4-26(2)37(44-27(3)46)20-21-45(36(37)49)33(19-18-28-12-7-5-8-13-28)35(48)43-32(23-29-14-9-6-10-15-29)34(47)25-42-24-30-16-11-17-31(22-30)38(39,40)41/h5-17,22,26,32-34,42,47H,4,18-21,23-25H2,1-3H3,(H,43,48)(H,44,46)/t26-,32-,33-,34+,37?/m0/s1. The lowest BCUT2D eigenvalue weighted by molar-refractivity contribution is -0.144. The van der Waals surface area contributed by atoms with E-state index in [2.05, 4.69) is 16.0 Å². The number of carbonyl (C=O) groups excluding carboxylic acids is 3. The molecule has 0 radical (unpaired) electrons. The molecule has 8 nitrogen and oxygen atoms in total. The van der Waals surface area contributed by atoms with Gasteiger partial charge in [-0.1, -0.05) is 99.1 Å². The molecule has 264 valence electrons. The lowest BCUT2D eigenvalue weighted by Gasteiger charge is -2.36. The summed E-state index contributed by atoms with van der Waals surface area (Å²) in [4.78, 5) is 42.3. The molecular weight excluding hydrogens is 633 g/mol. The van der Waals surface area contributed by atoms with Gasteiger partial charge in [0.1, 0.15) is 11.6 Å². The van der Waals surface area contributed by atoms with Crippen molar-refractivity contribution in [2.45, 2.75) is 89.3 Å². The summed E-state index contributed by atoms with van der Waals surface area (Å²) in [6.45, 7) is 5.62. The van der Waals surface area contributed by atoms with Gasteiger partial charge in [-0.2, -0.15) is 13.2 Å². The summed E-state index contributed by atoms with van der Waals surface area (Å²) in [6.07, 6.45) is -3.45. The largest absolute Gasteiger partial charge is 0.416 e. The van der Waals surface area contributed by atoms with Gasteiger partial charge in [-0.25, -0.2) is 0 Å². The van der Waals surface area contributed by atoms with Crippen molar-refractivity contribution in [1.29, 1.82) is 0 Å². The summed E-state index contributed by atoms with van der Waals surface area (Å²) in [5, 5.41) is 20.4. The Balaban J connectivity index is 1.56. The average Bonchev–Trinajstić information content (AvgIpc) is 3.40. The topological polar surface area (TPSA) is 111 Å². The number of halogens is 3. The third-order valence-electron chi connectivity index (χ3n) is 9.50. The number of aryl methyl sites for hydroxylation is 1. The van der Waals surface area contributed by atoms with Crippen molar-refractivity contribution in [1.82, 2.24) is 20.9 Å². The number of aliphatic hydroxyl groups is 1. The first-order valence-electron chi connectivity index (χ1n) is 16.9. The lowest BCUT2D eigenvalue weighted by atomic mass is 9.81. The van der Waals surface area contributed by atoms with Crippen molar-refractivity contribution in [3.8, 4) is 0 Å². The predicted octanol–water partition coefficient (Wildman–Crippen LogP) is 5.04. The first-order chi connectivity index (χ1) is 23.3. The number of nitrogens with zero attached hydrogens (tertiary/aromatic N) is 1. The van der Waals surface area contributed by atoms with Gasteiger partial charge in [0, 0.05) is 26.6 Å². The molecule has 1 aliphatic rings. The Kier molecular flexibility index (Phi) is 13.0. The maximum atomic E-state index is 14.3. The first-order valence-corrected chi connectivity index (χ1v) is 16.9. The van der Waals surface area contributed by atoms with Crippen molar-refractivity contribution in [2.75, 3.05) is 13.1 Å². The van der Waals surface area contributed by atoms with Gasteiger partial charge in [0.25, 0.3) is 0 Å². The highest BCUT2D eigenvalue weighted by atomic mass is 19.4. The second-order valence-electron chi connectivity index (χ2n) is 13.0. The molecule has 11 heteroatoms. The van der Waals surface area contributed by atoms with E-state index in [-0.39, 0.29) is 43.8 Å². The van der Waals surface area contributed by atoms with Gasteiger partial charge < -0.3 is 26.0 Å². The Morgan fingerprint density at radius 2 is 1.59 bits per heavy atom. The quantitative estimate of drug-likeness (QED) is 0.170. The van der Waals surface area contributed by atoms with E-state index in [4.69, 9.17) is 0 Å². The minimum atomic E-state index is -4.47. The Morgan fingerprint density at radius 1 is 0.959 bits per heavy atom. The second-order valence-corrected chi connectivity index (χ2v) is 13.0. The number of rotatable bonds is 16. The molecule has 0 aliphatic carbocycles. The van der Waals surface area contributed by atoms with Crippen LogP contribution in [0, 0.1) is 5.92 Å². The SMILES string of the molecule is CC[C@H](C)C1(NC(C)=O)CCN([C@@H](CCc2ccccc2)C(=O)N[C@@H](Cc2ccccc2)[C@H](O)CNCc2cccc(C(F)(F)F)c2)C1=O. The average molecular weight is 681 g/mol. The number of aliphatic hydroxyl groups excluding tert-OH is 1. The van der Waals surface area contributed by atoms with Crippen LogP contribution < -0.4 is 16.0 Å². The van der Waals surface area contributed by atoms with Gasteiger partial charge in [0.15, 0.2) is 0 Å². The molecule has 3 amide bonds. The van der Waals surface area contributed by atoms with Crippen LogP contribution in [0.15, 0.2) is 84.9 Å². The van der Waals surface area contributed by atoms with Crippen LogP contribution in [0.1, 0.15) is 62.3 Å². The zero-order valence-corrected chi connectivity index (χ0v) is 28.3. The van der Waals surface area contributed by atoms with Crippen LogP contribution in [0.2, 0.25) is 0 Å². The molecule has 3 aromatic rings. The van der Waals surface area contributed by atoms with E-state index in [0.29, 0.717) is 31.2 Å². The van der Waals surface area contributed by atoms with E-state index < -0.39 is 41.4 Å². The number of likely N-dealkylation sites (tertiary alicyclic amines) is 1. The summed E-state index contributed by atoms with van der Waals surface area (Å²) in [5.41, 5.74) is 0.395. The van der Waals surface area contributed by atoms with Gasteiger partial charge in [-0.3, -0.25) is 14.4 Å². The predicted molar refractivity (Wildman–Crippen MR) is 182 cm³/mol. The molecule has 0 aromatic heterocycles. The monoisotopic (exact) mass is 680 g/mol. The molecule has 1 saturated heterocycles. The Labute approximate surface area is 286 Å². The second kappa shape index (κ2) is 16.9. The smallest absolute Gasteiger partial charge is 0.390 e. The number of carbonyl (C=O) groups is 3. The molecular formula is C38H47F3N4O4. The highest BCUT2D eigenvalue weighted by Gasteiger charge is 2.53. The lowest BCUT2D eigenvalue weighted by Crippen LogP contribution is -2.60. The summed E-state index contributed by atoms with van der Waals surface area (Å²) in [5.74, 6) is -1.20. The minimum absolute atomic E-state index is 0.00892. The van der Waals surface area contributed by atoms with Crippen LogP contribution >= 0.6 is 0 Å². The minimum Gasteiger partial charge on any atom is -0.390 e. The first kappa shape index (κ1) is 37.6. The maximum Gasteiger partial charge on any atom is 0.416 e. The number of hydrogen-bond acceptors (Lipinski definition) is 5. The van der Waals surface area contributed by atoms with E-state index in [1.807, 2.05) is 74.5 Å². The van der Waals surface area contributed by atoms with Crippen LogP contribution in [-0.2, 0) is 39.9 Å². The zero-order chi connectivity index (χ0) is 35.6. The van der Waals surface area contributed by atoms with Gasteiger partial charge in [-0.15, -0.1) is 0 Å². The van der Waals surface area contributed by atoms with E-state index >= 15 is 0 Å². The highest BCUT2D eigenvalue weighted by Crippen LogP contribution is 2.35.